The minimum absolute atomic E-state index is 0.00465. The minimum atomic E-state index is -0.380. The van der Waals surface area contributed by atoms with Crippen LogP contribution in [0, 0.1) is 18.7 Å². The molecule has 1 aromatic heterocycles. The molecule has 1 saturated heterocycles. The van der Waals surface area contributed by atoms with Gasteiger partial charge in [0.15, 0.2) is 0 Å². The highest BCUT2D eigenvalue weighted by Gasteiger charge is 2.39. The van der Waals surface area contributed by atoms with Crippen LogP contribution in [0.1, 0.15) is 42.7 Å². The molecule has 2 heterocycles. The Labute approximate surface area is 151 Å². The standard InChI is InChI=1S/C19H23FN4O2/c1-11-7-8-16(18(21)25)13(3)24(11)19(26)17-10-23(22-12(17)2)15-6-4-5-14(20)9-15/h4-6,9-11,13,16H,7-8H2,1-3H3,(H2,21,25). The summed E-state index contributed by atoms with van der Waals surface area (Å²) in [7, 11) is 0. The maximum atomic E-state index is 13.5. The van der Waals surface area contributed by atoms with E-state index in [4.69, 9.17) is 5.73 Å². The van der Waals surface area contributed by atoms with Crippen molar-refractivity contribution in [1.29, 1.82) is 0 Å². The SMILES string of the molecule is Cc1nn(-c2cccc(F)c2)cc1C(=O)N1C(C)CCC(C(N)=O)C1C. The first-order chi connectivity index (χ1) is 12.3. The molecule has 7 heteroatoms. The van der Waals surface area contributed by atoms with Gasteiger partial charge in [-0.1, -0.05) is 6.07 Å². The van der Waals surface area contributed by atoms with Gasteiger partial charge < -0.3 is 10.6 Å². The van der Waals surface area contributed by atoms with Crippen molar-refractivity contribution in [3.8, 4) is 5.69 Å². The Morgan fingerprint density at radius 1 is 1.27 bits per heavy atom. The molecule has 0 radical (unpaired) electrons. The lowest BCUT2D eigenvalue weighted by Gasteiger charge is -2.42. The Kier molecular flexibility index (Phi) is 4.80. The Morgan fingerprint density at radius 3 is 2.65 bits per heavy atom. The van der Waals surface area contributed by atoms with Crippen LogP contribution < -0.4 is 5.73 Å². The molecule has 6 nitrogen and oxygen atoms in total. The monoisotopic (exact) mass is 358 g/mol. The summed E-state index contributed by atoms with van der Waals surface area (Å²) in [4.78, 5) is 26.6. The smallest absolute Gasteiger partial charge is 0.257 e. The largest absolute Gasteiger partial charge is 0.369 e. The van der Waals surface area contributed by atoms with E-state index in [0.717, 1.165) is 6.42 Å². The molecule has 138 valence electrons. The summed E-state index contributed by atoms with van der Waals surface area (Å²) in [5, 5.41) is 4.35. The van der Waals surface area contributed by atoms with Gasteiger partial charge in [-0.2, -0.15) is 5.10 Å². The minimum Gasteiger partial charge on any atom is -0.369 e. The van der Waals surface area contributed by atoms with Gasteiger partial charge in [-0.15, -0.1) is 0 Å². The molecule has 0 saturated carbocycles. The van der Waals surface area contributed by atoms with E-state index in [1.807, 2.05) is 13.8 Å². The van der Waals surface area contributed by atoms with Gasteiger partial charge in [-0.3, -0.25) is 9.59 Å². The third kappa shape index (κ3) is 3.21. The summed E-state index contributed by atoms with van der Waals surface area (Å²) < 4.78 is 15.0. The Bertz CT molecular complexity index is 848. The maximum Gasteiger partial charge on any atom is 0.257 e. The molecule has 1 aliphatic rings. The summed E-state index contributed by atoms with van der Waals surface area (Å²) in [6.45, 7) is 5.57. The van der Waals surface area contributed by atoms with Gasteiger partial charge >= 0.3 is 0 Å². The molecule has 0 spiro atoms. The van der Waals surface area contributed by atoms with Gasteiger partial charge in [0.25, 0.3) is 5.91 Å². The van der Waals surface area contributed by atoms with Crippen molar-refractivity contribution in [3.63, 3.8) is 0 Å². The highest BCUT2D eigenvalue weighted by atomic mass is 19.1. The fraction of sp³-hybridized carbons (Fsp3) is 0.421. The maximum absolute atomic E-state index is 13.5. The fourth-order valence-electron chi connectivity index (χ4n) is 3.72. The van der Waals surface area contributed by atoms with Crippen LogP contribution in [-0.2, 0) is 4.79 Å². The van der Waals surface area contributed by atoms with Crippen molar-refractivity contribution < 1.29 is 14.0 Å². The average Bonchev–Trinajstić information content (AvgIpc) is 2.96. The zero-order chi connectivity index (χ0) is 19.0. The third-order valence-corrected chi connectivity index (χ3v) is 5.19. The zero-order valence-electron chi connectivity index (χ0n) is 15.1. The van der Waals surface area contributed by atoms with Crippen LogP contribution in [0.25, 0.3) is 5.69 Å². The lowest BCUT2D eigenvalue weighted by Crippen LogP contribution is -2.54. The van der Waals surface area contributed by atoms with Crippen LogP contribution in [0.4, 0.5) is 4.39 Å². The van der Waals surface area contributed by atoms with Gasteiger partial charge in [0.2, 0.25) is 5.91 Å². The highest BCUT2D eigenvalue weighted by molar-refractivity contribution is 5.96. The average molecular weight is 358 g/mol. The number of nitrogens with two attached hydrogens (primary N) is 1. The molecule has 1 aliphatic heterocycles. The molecule has 0 bridgehead atoms. The van der Waals surface area contributed by atoms with E-state index < -0.39 is 0 Å². The van der Waals surface area contributed by atoms with E-state index in [0.29, 0.717) is 23.4 Å². The molecular formula is C19H23FN4O2. The van der Waals surface area contributed by atoms with Crippen LogP contribution in [-0.4, -0.2) is 38.6 Å². The number of amides is 2. The van der Waals surface area contributed by atoms with E-state index in [1.165, 1.54) is 16.8 Å². The van der Waals surface area contributed by atoms with Crippen molar-refractivity contribution in [2.75, 3.05) is 0 Å². The highest BCUT2D eigenvalue weighted by Crippen LogP contribution is 2.30. The Morgan fingerprint density at radius 2 is 2.00 bits per heavy atom. The van der Waals surface area contributed by atoms with Crippen LogP contribution in [0.5, 0.6) is 0 Å². The van der Waals surface area contributed by atoms with Gasteiger partial charge in [0, 0.05) is 18.3 Å². The van der Waals surface area contributed by atoms with E-state index in [2.05, 4.69) is 5.10 Å². The quantitative estimate of drug-likeness (QED) is 0.915. The molecule has 1 fully saturated rings. The first-order valence-corrected chi connectivity index (χ1v) is 8.73. The fourth-order valence-corrected chi connectivity index (χ4v) is 3.72. The number of carbonyl (C=O) groups is 2. The number of carbonyl (C=O) groups excluding carboxylic acids is 2. The number of hydrogen-bond acceptors (Lipinski definition) is 3. The van der Waals surface area contributed by atoms with E-state index in [-0.39, 0.29) is 35.6 Å². The second kappa shape index (κ2) is 6.90. The summed E-state index contributed by atoms with van der Waals surface area (Å²) >= 11 is 0. The molecule has 2 amide bonds. The van der Waals surface area contributed by atoms with Crippen molar-refractivity contribution in [1.82, 2.24) is 14.7 Å². The van der Waals surface area contributed by atoms with E-state index in [1.54, 1.807) is 30.2 Å². The number of primary amides is 1. The predicted molar refractivity (Wildman–Crippen MR) is 95.3 cm³/mol. The summed E-state index contributed by atoms with van der Waals surface area (Å²) in [5.41, 5.74) is 7.04. The number of piperidine rings is 1. The van der Waals surface area contributed by atoms with Crippen LogP contribution in [0.2, 0.25) is 0 Å². The number of rotatable bonds is 3. The normalized spacial score (nSPS) is 23.1. The lowest BCUT2D eigenvalue weighted by atomic mass is 9.85. The van der Waals surface area contributed by atoms with Gasteiger partial charge in [-0.05, 0) is 51.8 Å². The van der Waals surface area contributed by atoms with Gasteiger partial charge in [0.1, 0.15) is 5.82 Å². The number of likely N-dealkylation sites (tertiary alicyclic amines) is 1. The van der Waals surface area contributed by atoms with Gasteiger partial charge in [0.05, 0.1) is 22.9 Å². The molecule has 0 aliphatic carbocycles. The predicted octanol–water partition coefficient (Wildman–Crippen LogP) is 2.43. The van der Waals surface area contributed by atoms with Crippen molar-refractivity contribution >= 4 is 11.8 Å². The van der Waals surface area contributed by atoms with Gasteiger partial charge in [-0.25, -0.2) is 9.07 Å². The summed E-state index contributed by atoms with van der Waals surface area (Å²) in [6, 6.07) is 5.75. The zero-order valence-corrected chi connectivity index (χ0v) is 15.1. The Hall–Kier alpha value is -2.70. The van der Waals surface area contributed by atoms with Crippen molar-refractivity contribution in [2.24, 2.45) is 11.7 Å². The molecular weight excluding hydrogens is 335 g/mol. The number of hydrogen-bond donors (Lipinski definition) is 1. The number of aromatic nitrogens is 2. The second-order valence-corrected chi connectivity index (χ2v) is 6.94. The number of nitrogens with zero attached hydrogens (tertiary/aromatic N) is 3. The molecule has 3 atom stereocenters. The first-order valence-electron chi connectivity index (χ1n) is 8.73. The second-order valence-electron chi connectivity index (χ2n) is 6.94. The number of benzene rings is 1. The Balaban J connectivity index is 1.93. The van der Waals surface area contributed by atoms with Crippen molar-refractivity contribution in [3.05, 3.63) is 47.5 Å². The van der Waals surface area contributed by atoms with Crippen molar-refractivity contribution in [2.45, 2.75) is 45.7 Å². The number of halogens is 1. The van der Waals surface area contributed by atoms with Crippen LogP contribution in [0.15, 0.2) is 30.5 Å². The molecule has 2 aromatic rings. The summed E-state index contributed by atoms with van der Waals surface area (Å²) in [6.07, 6.45) is 3.02. The third-order valence-electron chi connectivity index (χ3n) is 5.19. The van der Waals surface area contributed by atoms with Crippen LogP contribution in [0.3, 0.4) is 0 Å². The van der Waals surface area contributed by atoms with Crippen LogP contribution >= 0.6 is 0 Å². The number of aryl methyl sites for hydroxylation is 1. The first kappa shape index (κ1) is 18.1. The topological polar surface area (TPSA) is 81.2 Å². The molecule has 3 unspecified atom stereocenters. The molecule has 2 N–H and O–H groups in total. The molecule has 26 heavy (non-hydrogen) atoms. The van der Waals surface area contributed by atoms with E-state index >= 15 is 0 Å². The van der Waals surface area contributed by atoms with E-state index in [9.17, 15) is 14.0 Å². The molecule has 1 aromatic carbocycles. The summed E-state index contributed by atoms with van der Waals surface area (Å²) in [5.74, 6) is -1.29. The molecule has 3 rings (SSSR count). The lowest BCUT2D eigenvalue weighted by molar-refractivity contribution is -0.125.